The van der Waals surface area contributed by atoms with Crippen molar-refractivity contribution in [2.24, 2.45) is 0 Å². The zero-order chi connectivity index (χ0) is 23.5. The highest BCUT2D eigenvalue weighted by Crippen LogP contribution is 2.24. The van der Waals surface area contributed by atoms with E-state index in [0.29, 0.717) is 11.1 Å². The van der Waals surface area contributed by atoms with E-state index in [0.717, 1.165) is 59.9 Å². The van der Waals surface area contributed by atoms with Gasteiger partial charge in [0.05, 0.1) is 0 Å². The molecular weight excluding hydrogens is 414 g/mol. The molecule has 1 amide bonds. The molecule has 1 aliphatic heterocycles. The Morgan fingerprint density at radius 3 is 2.39 bits per heavy atom. The third-order valence-corrected chi connectivity index (χ3v) is 6.31. The second-order valence-electron chi connectivity index (χ2n) is 8.85. The molecule has 0 bridgehead atoms. The molecule has 3 heterocycles. The first kappa shape index (κ1) is 22.7. The van der Waals surface area contributed by atoms with Gasteiger partial charge in [0.25, 0.3) is 11.5 Å². The van der Waals surface area contributed by atoms with Gasteiger partial charge in [-0.1, -0.05) is 12.1 Å². The van der Waals surface area contributed by atoms with Crippen LogP contribution < -0.4 is 15.8 Å². The quantitative estimate of drug-likeness (QED) is 0.631. The molecule has 172 valence electrons. The first-order chi connectivity index (χ1) is 15.8. The second kappa shape index (κ2) is 9.58. The molecule has 0 saturated carbocycles. The van der Waals surface area contributed by atoms with Crippen LogP contribution in [0.5, 0.6) is 0 Å². The summed E-state index contributed by atoms with van der Waals surface area (Å²) in [4.78, 5) is 37.3. The van der Waals surface area contributed by atoms with E-state index in [1.807, 2.05) is 57.3 Å². The fourth-order valence-corrected chi connectivity index (χ4v) is 4.19. The lowest BCUT2D eigenvalue weighted by Crippen LogP contribution is -2.44. The van der Waals surface area contributed by atoms with Crippen LogP contribution in [0.3, 0.4) is 0 Å². The van der Waals surface area contributed by atoms with Crippen LogP contribution in [-0.2, 0) is 6.54 Å². The summed E-state index contributed by atoms with van der Waals surface area (Å²) in [6, 6.07) is 11.9. The third-order valence-electron chi connectivity index (χ3n) is 6.31. The van der Waals surface area contributed by atoms with E-state index in [2.05, 4.69) is 38.2 Å². The van der Waals surface area contributed by atoms with E-state index in [9.17, 15) is 9.59 Å². The zero-order valence-corrected chi connectivity index (χ0v) is 19.7. The average Bonchev–Trinajstić information content (AvgIpc) is 2.79. The Balaban J connectivity index is 1.49. The molecule has 0 unspecified atom stereocenters. The highest BCUT2D eigenvalue weighted by Gasteiger charge is 2.16. The number of piperazine rings is 1. The Morgan fingerprint density at radius 1 is 1.00 bits per heavy atom. The zero-order valence-electron chi connectivity index (χ0n) is 19.7. The van der Waals surface area contributed by atoms with Crippen molar-refractivity contribution in [1.29, 1.82) is 0 Å². The number of hydrogen-bond acceptors (Lipinski definition) is 5. The van der Waals surface area contributed by atoms with E-state index in [4.69, 9.17) is 0 Å². The number of likely N-dealkylation sites (N-methyl/N-ethyl adjacent to an activating group) is 1. The number of aromatic nitrogens is 2. The Bertz CT molecular complexity index is 1210. The third kappa shape index (κ3) is 5.14. The number of nitrogens with one attached hydrogen (secondary N) is 2. The number of carbonyl (C=O) groups excluding carboxylic acids is 1. The molecule has 7 heteroatoms. The highest BCUT2D eigenvalue weighted by molar-refractivity contribution is 5.96. The summed E-state index contributed by atoms with van der Waals surface area (Å²) in [5.74, 6) is 0.784. The van der Waals surface area contributed by atoms with E-state index >= 15 is 0 Å². The molecule has 3 aromatic rings. The maximum absolute atomic E-state index is 12.9. The lowest BCUT2D eigenvalue weighted by molar-refractivity contribution is 0.0950. The van der Waals surface area contributed by atoms with Gasteiger partial charge in [-0.2, -0.15) is 0 Å². The number of pyridine rings is 2. The molecule has 33 heavy (non-hydrogen) atoms. The van der Waals surface area contributed by atoms with Crippen molar-refractivity contribution in [1.82, 2.24) is 20.2 Å². The molecule has 1 aromatic carbocycles. The van der Waals surface area contributed by atoms with Crippen molar-refractivity contribution >= 4 is 11.7 Å². The lowest BCUT2D eigenvalue weighted by Gasteiger charge is -2.33. The summed E-state index contributed by atoms with van der Waals surface area (Å²) in [5.41, 5.74) is 5.47. The number of benzene rings is 1. The molecule has 0 radical (unpaired) electrons. The number of nitrogens with zero attached hydrogens (tertiary/aromatic N) is 3. The van der Waals surface area contributed by atoms with E-state index in [-0.39, 0.29) is 18.0 Å². The molecule has 0 spiro atoms. The smallest absolute Gasteiger partial charge is 0.253 e. The summed E-state index contributed by atoms with van der Waals surface area (Å²) in [6.07, 6.45) is 1.87. The predicted octanol–water partition coefficient (Wildman–Crippen LogP) is 3.04. The Hall–Kier alpha value is -3.45. The van der Waals surface area contributed by atoms with Crippen LogP contribution in [0.15, 0.2) is 47.4 Å². The topological polar surface area (TPSA) is 81.3 Å². The molecule has 2 N–H and O–H groups in total. The van der Waals surface area contributed by atoms with Crippen LogP contribution in [0.1, 0.15) is 32.7 Å². The number of anilines is 1. The molecule has 0 atom stereocenters. The fraction of sp³-hybridized carbons (Fsp3) is 0.346. The first-order valence-electron chi connectivity index (χ1n) is 11.3. The number of H-pyrrole nitrogens is 1. The molecule has 2 aromatic heterocycles. The van der Waals surface area contributed by atoms with Gasteiger partial charge in [-0.15, -0.1) is 0 Å². The Labute approximate surface area is 194 Å². The summed E-state index contributed by atoms with van der Waals surface area (Å²) in [5, 5.41) is 2.91. The van der Waals surface area contributed by atoms with Crippen LogP contribution in [-0.4, -0.2) is 54.0 Å². The van der Waals surface area contributed by atoms with Crippen LogP contribution in [0.2, 0.25) is 0 Å². The van der Waals surface area contributed by atoms with Gasteiger partial charge >= 0.3 is 0 Å². The van der Waals surface area contributed by atoms with Gasteiger partial charge in [0.2, 0.25) is 0 Å². The SMILES string of the molecule is Cc1cc(C)c(CNC(=O)c2cc(-c3ccc(N4CCN(C)CC4)nc3)ccc2C)c(=O)[nH]1. The van der Waals surface area contributed by atoms with Crippen molar-refractivity contribution in [2.75, 3.05) is 38.1 Å². The predicted molar refractivity (Wildman–Crippen MR) is 132 cm³/mol. The van der Waals surface area contributed by atoms with Gasteiger partial charge in [-0.05, 0) is 68.8 Å². The van der Waals surface area contributed by atoms with Gasteiger partial charge in [0.1, 0.15) is 5.82 Å². The average molecular weight is 446 g/mol. The number of rotatable bonds is 5. The second-order valence-corrected chi connectivity index (χ2v) is 8.85. The van der Waals surface area contributed by atoms with E-state index in [1.54, 1.807) is 0 Å². The van der Waals surface area contributed by atoms with Gasteiger partial charge in [0.15, 0.2) is 0 Å². The van der Waals surface area contributed by atoms with Gasteiger partial charge in [-0.25, -0.2) is 4.98 Å². The Kier molecular flexibility index (Phi) is 6.60. The van der Waals surface area contributed by atoms with Crippen LogP contribution in [0.25, 0.3) is 11.1 Å². The Morgan fingerprint density at radius 2 is 1.73 bits per heavy atom. The summed E-state index contributed by atoms with van der Waals surface area (Å²) in [6.45, 7) is 9.85. The molecule has 4 rings (SSSR count). The number of hydrogen-bond donors (Lipinski definition) is 2. The maximum Gasteiger partial charge on any atom is 0.253 e. The van der Waals surface area contributed by atoms with Crippen molar-refractivity contribution in [3.63, 3.8) is 0 Å². The van der Waals surface area contributed by atoms with Crippen molar-refractivity contribution in [3.8, 4) is 11.1 Å². The number of aromatic amines is 1. The standard InChI is InChI=1S/C26H31N5O2/c1-17-5-6-20(21-7-8-24(27-15-21)31-11-9-30(4)10-12-31)14-22(17)25(32)28-16-23-18(2)13-19(3)29-26(23)33/h5-8,13-15H,9-12,16H2,1-4H3,(H,28,32)(H,29,33). The van der Waals surface area contributed by atoms with Crippen molar-refractivity contribution < 1.29 is 4.79 Å². The maximum atomic E-state index is 12.9. The van der Waals surface area contributed by atoms with Crippen LogP contribution in [0.4, 0.5) is 5.82 Å². The summed E-state index contributed by atoms with van der Waals surface area (Å²) >= 11 is 0. The fourth-order valence-electron chi connectivity index (χ4n) is 4.19. The number of carbonyl (C=O) groups is 1. The van der Waals surface area contributed by atoms with Crippen LogP contribution in [0, 0.1) is 20.8 Å². The van der Waals surface area contributed by atoms with Crippen LogP contribution >= 0.6 is 0 Å². The monoisotopic (exact) mass is 445 g/mol. The van der Waals surface area contributed by atoms with E-state index < -0.39 is 0 Å². The summed E-state index contributed by atoms with van der Waals surface area (Å²) in [7, 11) is 2.14. The minimum atomic E-state index is -0.198. The molecule has 0 aliphatic carbocycles. The lowest BCUT2D eigenvalue weighted by atomic mass is 10.00. The molecule has 1 aliphatic rings. The molecule has 1 saturated heterocycles. The normalized spacial score (nSPS) is 14.4. The van der Waals surface area contributed by atoms with Gasteiger partial charge in [-0.3, -0.25) is 9.59 Å². The molecular formula is C26H31N5O2. The largest absolute Gasteiger partial charge is 0.354 e. The first-order valence-corrected chi connectivity index (χ1v) is 11.3. The van der Waals surface area contributed by atoms with E-state index in [1.165, 1.54) is 0 Å². The van der Waals surface area contributed by atoms with Crippen molar-refractivity contribution in [2.45, 2.75) is 27.3 Å². The molecule has 1 fully saturated rings. The highest BCUT2D eigenvalue weighted by atomic mass is 16.1. The van der Waals surface area contributed by atoms with Gasteiger partial charge < -0.3 is 20.1 Å². The summed E-state index contributed by atoms with van der Waals surface area (Å²) < 4.78 is 0. The minimum Gasteiger partial charge on any atom is -0.354 e. The molecule has 7 nitrogen and oxygen atoms in total. The number of amides is 1. The van der Waals surface area contributed by atoms with Crippen molar-refractivity contribution in [3.05, 3.63) is 80.9 Å². The number of aryl methyl sites for hydroxylation is 3. The van der Waals surface area contributed by atoms with Gasteiger partial charge in [0, 0.05) is 61.3 Å². The minimum absolute atomic E-state index is 0.162.